The van der Waals surface area contributed by atoms with Crippen LogP contribution in [0.4, 0.5) is 0 Å². The number of hydrogen-bond donors (Lipinski definition) is 1. The quantitative estimate of drug-likeness (QED) is 0.525. The molecular weight excluding hydrogens is 452 g/mol. The zero-order valence-corrected chi connectivity index (χ0v) is 20.3. The summed E-state index contributed by atoms with van der Waals surface area (Å²) in [7, 11) is -3.45. The van der Waals surface area contributed by atoms with Gasteiger partial charge in [0.25, 0.3) is 15.9 Å². The predicted molar refractivity (Wildman–Crippen MR) is 123 cm³/mol. The molecule has 1 aromatic heterocycles. The molecule has 2 heterocycles. The first kappa shape index (κ1) is 24.3. The van der Waals surface area contributed by atoms with E-state index < -0.39 is 10.0 Å². The third-order valence-electron chi connectivity index (χ3n) is 4.89. The van der Waals surface area contributed by atoms with Crippen LogP contribution < -0.4 is 19.5 Å². The normalized spacial score (nSPS) is 14.3. The standard InChI is InChI=1S/C22H30N2O6S2/c1-4-28-18-13-16(14-19(29-5-2)21(18)30-6-3)22(25)23-15-17-9-10-20(31-17)32(26,27)24-11-7-8-12-24/h9-10,13-14H,4-8,11-12,15H2,1-3H3,(H,23,25). The van der Waals surface area contributed by atoms with Crippen LogP contribution in [-0.2, 0) is 16.6 Å². The fourth-order valence-electron chi connectivity index (χ4n) is 3.44. The van der Waals surface area contributed by atoms with Gasteiger partial charge in [0.15, 0.2) is 11.5 Å². The SMILES string of the molecule is CCOc1cc(C(=O)NCc2ccc(S(=O)(=O)N3CCCC3)s2)cc(OCC)c1OCC. The van der Waals surface area contributed by atoms with Crippen LogP contribution in [0.1, 0.15) is 48.8 Å². The number of thiophene rings is 1. The van der Waals surface area contributed by atoms with E-state index in [2.05, 4.69) is 5.32 Å². The maximum absolute atomic E-state index is 12.8. The molecule has 0 spiro atoms. The highest BCUT2D eigenvalue weighted by atomic mass is 32.2. The lowest BCUT2D eigenvalue weighted by atomic mass is 10.1. The number of carbonyl (C=O) groups excluding carboxylic acids is 1. The Morgan fingerprint density at radius 2 is 1.59 bits per heavy atom. The van der Waals surface area contributed by atoms with Crippen molar-refractivity contribution in [2.45, 2.75) is 44.4 Å². The number of nitrogens with zero attached hydrogens (tertiary/aromatic N) is 1. The molecule has 0 aliphatic carbocycles. The average molecular weight is 483 g/mol. The Labute approximate surface area is 193 Å². The number of sulfonamides is 1. The molecule has 0 radical (unpaired) electrons. The monoisotopic (exact) mass is 482 g/mol. The van der Waals surface area contributed by atoms with Crippen molar-refractivity contribution in [3.63, 3.8) is 0 Å². The van der Waals surface area contributed by atoms with E-state index >= 15 is 0 Å². The van der Waals surface area contributed by atoms with Crippen LogP contribution in [0.2, 0.25) is 0 Å². The molecule has 0 atom stereocenters. The second-order valence-corrected chi connectivity index (χ2v) is 10.4. The van der Waals surface area contributed by atoms with Gasteiger partial charge in [-0.25, -0.2) is 8.42 Å². The zero-order valence-electron chi connectivity index (χ0n) is 18.7. The third-order valence-corrected chi connectivity index (χ3v) is 8.34. The third kappa shape index (κ3) is 5.54. The van der Waals surface area contributed by atoms with Crippen LogP contribution >= 0.6 is 11.3 Å². The summed E-state index contributed by atoms with van der Waals surface area (Å²) in [6.07, 6.45) is 1.78. The lowest BCUT2D eigenvalue weighted by molar-refractivity contribution is 0.0950. The summed E-state index contributed by atoms with van der Waals surface area (Å²) >= 11 is 1.18. The molecule has 1 N–H and O–H groups in total. The predicted octanol–water partition coefficient (Wildman–Crippen LogP) is 3.66. The fourth-order valence-corrected chi connectivity index (χ4v) is 6.40. The van der Waals surface area contributed by atoms with Gasteiger partial charge in [0, 0.05) is 23.5 Å². The van der Waals surface area contributed by atoms with Gasteiger partial charge < -0.3 is 19.5 Å². The smallest absolute Gasteiger partial charge is 0.252 e. The van der Waals surface area contributed by atoms with E-state index in [0.717, 1.165) is 17.7 Å². The minimum Gasteiger partial charge on any atom is -0.490 e. The van der Waals surface area contributed by atoms with E-state index in [9.17, 15) is 13.2 Å². The molecule has 1 aliphatic rings. The van der Waals surface area contributed by atoms with E-state index in [0.29, 0.717) is 59.9 Å². The second kappa shape index (κ2) is 11.0. The van der Waals surface area contributed by atoms with Crippen molar-refractivity contribution in [2.24, 2.45) is 0 Å². The Morgan fingerprint density at radius 3 is 2.16 bits per heavy atom. The lowest BCUT2D eigenvalue weighted by Crippen LogP contribution is -2.27. The van der Waals surface area contributed by atoms with Crippen LogP contribution in [0, 0.1) is 0 Å². The Balaban J connectivity index is 1.74. The number of benzene rings is 1. The van der Waals surface area contributed by atoms with Gasteiger partial charge in [-0.15, -0.1) is 11.3 Å². The molecule has 1 saturated heterocycles. The van der Waals surface area contributed by atoms with Crippen LogP contribution in [0.15, 0.2) is 28.5 Å². The summed E-state index contributed by atoms with van der Waals surface area (Å²) in [4.78, 5) is 13.6. The average Bonchev–Trinajstić information content (AvgIpc) is 3.47. The summed E-state index contributed by atoms with van der Waals surface area (Å²) in [6.45, 7) is 8.20. The van der Waals surface area contributed by atoms with Crippen molar-refractivity contribution >= 4 is 27.3 Å². The van der Waals surface area contributed by atoms with Crippen molar-refractivity contribution in [1.29, 1.82) is 0 Å². The van der Waals surface area contributed by atoms with Crippen molar-refractivity contribution in [3.05, 3.63) is 34.7 Å². The maximum Gasteiger partial charge on any atom is 0.252 e. The molecule has 1 aromatic carbocycles. The maximum atomic E-state index is 12.8. The minimum atomic E-state index is -3.45. The number of rotatable bonds is 11. The first-order valence-electron chi connectivity index (χ1n) is 10.8. The molecule has 1 amide bonds. The number of carbonyl (C=O) groups is 1. The van der Waals surface area contributed by atoms with E-state index in [1.54, 1.807) is 24.3 Å². The van der Waals surface area contributed by atoms with E-state index in [1.807, 2.05) is 20.8 Å². The van der Waals surface area contributed by atoms with Gasteiger partial charge >= 0.3 is 0 Å². The summed E-state index contributed by atoms with van der Waals surface area (Å²) in [6, 6.07) is 6.61. The second-order valence-electron chi connectivity index (χ2n) is 7.12. The summed E-state index contributed by atoms with van der Waals surface area (Å²) in [5.74, 6) is 1.05. The summed E-state index contributed by atoms with van der Waals surface area (Å²) < 4.78 is 44.2. The van der Waals surface area contributed by atoms with Crippen LogP contribution in [-0.4, -0.2) is 51.5 Å². The minimum absolute atomic E-state index is 0.222. The van der Waals surface area contributed by atoms with Crippen molar-refractivity contribution in [1.82, 2.24) is 9.62 Å². The van der Waals surface area contributed by atoms with Crippen molar-refractivity contribution < 1.29 is 27.4 Å². The van der Waals surface area contributed by atoms with Crippen LogP contribution in [0.3, 0.4) is 0 Å². The molecular formula is C22H30N2O6S2. The van der Waals surface area contributed by atoms with Gasteiger partial charge in [-0.05, 0) is 57.9 Å². The first-order valence-corrected chi connectivity index (χ1v) is 13.1. The molecule has 8 nitrogen and oxygen atoms in total. The summed E-state index contributed by atoms with van der Waals surface area (Å²) in [5, 5.41) is 2.85. The van der Waals surface area contributed by atoms with Gasteiger partial charge in [-0.1, -0.05) is 0 Å². The Hall–Kier alpha value is -2.30. The Bertz CT molecular complexity index is 1000. The van der Waals surface area contributed by atoms with Crippen LogP contribution in [0.25, 0.3) is 0 Å². The number of ether oxygens (including phenoxy) is 3. The highest BCUT2D eigenvalue weighted by Gasteiger charge is 2.28. The molecule has 2 aromatic rings. The van der Waals surface area contributed by atoms with Gasteiger partial charge in [-0.2, -0.15) is 4.31 Å². The summed E-state index contributed by atoms with van der Waals surface area (Å²) in [5.41, 5.74) is 0.377. The number of hydrogen-bond acceptors (Lipinski definition) is 7. The molecule has 3 rings (SSSR count). The van der Waals surface area contributed by atoms with E-state index in [4.69, 9.17) is 14.2 Å². The zero-order chi connectivity index (χ0) is 23.1. The Morgan fingerprint density at radius 1 is 1.00 bits per heavy atom. The molecule has 1 aliphatic heterocycles. The topological polar surface area (TPSA) is 94.2 Å². The molecule has 176 valence electrons. The molecule has 1 fully saturated rings. The van der Waals surface area contributed by atoms with Gasteiger partial charge in [0.05, 0.1) is 26.4 Å². The Kier molecular flexibility index (Phi) is 8.38. The van der Waals surface area contributed by atoms with E-state index in [-0.39, 0.29) is 12.5 Å². The molecule has 0 saturated carbocycles. The van der Waals surface area contributed by atoms with E-state index in [1.165, 1.54) is 15.6 Å². The van der Waals surface area contributed by atoms with Gasteiger partial charge in [-0.3, -0.25) is 4.79 Å². The largest absolute Gasteiger partial charge is 0.490 e. The van der Waals surface area contributed by atoms with Gasteiger partial charge in [0.2, 0.25) is 5.75 Å². The number of amides is 1. The van der Waals surface area contributed by atoms with Crippen molar-refractivity contribution in [3.8, 4) is 17.2 Å². The van der Waals surface area contributed by atoms with Gasteiger partial charge in [0.1, 0.15) is 4.21 Å². The highest BCUT2D eigenvalue weighted by Crippen LogP contribution is 2.39. The number of nitrogens with one attached hydrogen (secondary N) is 1. The van der Waals surface area contributed by atoms with Crippen molar-refractivity contribution in [2.75, 3.05) is 32.9 Å². The molecule has 10 heteroatoms. The first-order chi connectivity index (χ1) is 15.4. The fraction of sp³-hybridized carbons (Fsp3) is 0.500. The molecule has 32 heavy (non-hydrogen) atoms. The highest BCUT2D eigenvalue weighted by molar-refractivity contribution is 7.91. The lowest BCUT2D eigenvalue weighted by Gasteiger charge is -2.17. The van der Waals surface area contributed by atoms with Crippen LogP contribution in [0.5, 0.6) is 17.2 Å². The molecule has 0 bridgehead atoms. The molecule has 0 unspecified atom stereocenters.